The molecular weight excluding hydrogens is 461 g/mol. The van der Waals surface area contributed by atoms with Crippen molar-refractivity contribution < 1.29 is 13.7 Å². The van der Waals surface area contributed by atoms with Crippen molar-refractivity contribution >= 4 is 28.6 Å². The molecule has 10 heteroatoms. The SMILES string of the molecule is Cc1nc(-c2ccc(F)cc2)c(CC(=O)N2CCN(Cc3nc(-c4cccs4)no3)CC2)s1. The van der Waals surface area contributed by atoms with Gasteiger partial charge in [0.2, 0.25) is 17.6 Å². The van der Waals surface area contributed by atoms with E-state index in [1.165, 1.54) is 23.5 Å². The van der Waals surface area contributed by atoms with E-state index in [1.807, 2.05) is 29.3 Å². The van der Waals surface area contributed by atoms with Crippen molar-refractivity contribution in [3.63, 3.8) is 0 Å². The van der Waals surface area contributed by atoms with Crippen molar-refractivity contribution in [1.29, 1.82) is 0 Å². The van der Waals surface area contributed by atoms with E-state index in [0.717, 1.165) is 39.1 Å². The summed E-state index contributed by atoms with van der Waals surface area (Å²) < 4.78 is 18.7. The smallest absolute Gasteiger partial charge is 0.241 e. The van der Waals surface area contributed by atoms with Gasteiger partial charge in [-0.2, -0.15) is 4.98 Å². The molecule has 0 bridgehead atoms. The Labute approximate surface area is 198 Å². The first-order valence-electron chi connectivity index (χ1n) is 10.6. The number of thiophene rings is 1. The summed E-state index contributed by atoms with van der Waals surface area (Å²) in [5.41, 5.74) is 1.59. The van der Waals surface area contributed by atoms with Gasteiger partial charge in [0.05, 0.1) is 28.5 Å². The molecule has 0 aliphatic carbocycles. The first-order chi connectivity index (χ1) is 16.0. The van der Waals surface area contributed by atoms with Crippen molar-refractivity contribution in [3.8, 4) is 22.0 Å². The van der Waals surface area contributed by atoms with Crippen molar-refractivity contribution in [2.45, 2.75) is 19.9 Å². The molecule has 4 heterocycles. The predicted molar refractivity (Wildman–Crippen MR) is 125 cm³/mol. The lowest BCUT2D eigenvalue weighted by Crippen LogP contribution is -2.48. The van der Waals surface area contributed by atoms with Crippen LogP contribution in [0.4, 0.5) is 4.39 Å². The summed E-state index contributed by atoms with van der Waals surface area (Å²) >= 11 is 3.10. The molecule has 1 aromatic carbocycles. The number of benzene rings is 1. The number of aryl methyl sites for hydroxylation is 1. The number of carbonyl (C=O) groups excluding carboxylic acids is 1. The van der Waals surface area contributed by atoms with Crippen LogP contribution in [0.3, 0.4) is 0 Å². The highest BCUT2D eigenvalue weighted by Crippen LogP contribution is 2.29. The van der Waals surface area contributed by atoms with Crippen LogP contribution in [0.25, 0.3) is 22.0 Å². The molecule has 1 aliphatic rings. The van der Waals surface area contributed by atoms with Gasteiger partial charge in [0.25, 0.3) is 0 Å². The zero-order valence-electron chi connectivity index (χ0n) is 18.0. The minimum atomic E-state index is -0.288. The zero-order valence-corrected chi connectivity index (χ0v) is 19.7. The monoisotopic (exact) mass is 483 g/mol. The normalized spacial score (nSPS) is 14.7. The number of aromatic nitrogens is 3. The van der Waals surface area contributed by atoms with Crippen LogP contribution in [0, 0.1) is 12.7 Å². The lowest BCUT2D eigenvalue weighted by molar-refractivity contribution is -0.132. The van der Waals surface area contributed by atoms with Crippen LogP contribution in [0.15, 0.2) is 46.3 Å². The topological polar surface area (TPSA) is 75.4 Å². The molecule has 1 amide bonds. The highest BCUT2D eigenvalue weighted by atomic mass is 32.1. The molecule has 4 aromatic rings. The fourth-order valence-electron chi connectivity index (χ4n) is 3.84. The van der Waals surface area contributed by atoms with Crippen molar-refractivity contribution in [2.75, 3.05) is 26.2 Å². The zero-order chi connectivity index (χ0) is 22.8. The van der Waals surface area contributed by atoms with Crippen LogP contribution in [0.5, 0.6) is 0 Å². The number of piperazine rings is 1. The summed E-state index contributed by atoms with van der Waals surface area (Å²) in [6, 6.07) is 10.2. The van der Waals surface area contributed by atoms with E-state index < -0.39 is 0 Å². The van der Waals surface area contributed by atoms with Crippen LogP contribution in [-0.4, -0.2) is 57.0 Å². The van der Waals surface area contributed by atoms with Gasteiger partial charge in [-0.15, -0.1) is 22.7 Å². The molecule has 0 unspecified atom stereocenters. The highest BCUT2D eigenvalue weighted by molar-refractivity contribution is 7.13. The van der Waals surface area contributed by atoms with Gasteiger partial charge < -0.3 is 9.42 Å². The largest absolute Gasteiger partial charge is 0.340 e. The molecule has 0 N–H and O–H groups in total. The number of rotatable bonds is 6. The third-order valence-electron chi connectivity index (χ3n) is 5.53. The Morgan fingerprint density at radius 3 is 2.64 bits per heavy atom. The molecule has 170 valence electrons. The average Bonchev–Trinajstić information content (AvgIpc) is 3.56. The Hall–Kier alpha value is -2.95. The Morgan fingerprint density at radius 1 is 1.12 bits per heavy atom. The number of carbonyl (C=O) groups is 1. The molecule has 1 fully saturated rings. The van der Waals surface area contributed by atoms with Gasteiger partial charge in [0.15, 0.2) is 0 Å². The van der Waals surface area contributed by atoms with E-state index in [-0.39, 0.29) is 11.7 Å². The molecule has 3 aromatic heterocycles. The molecule has 0 atom stereocenters. The summed E-state index contributed by atoms with van der Waals surface area (Å²) in [6.45, 7) is 5.28. The number of halogens is 1. The maximum atomic E-state index is 13.3. The van der Waals surface area contributed by atoms with E-state index in [2.05, 4.69) is 20.0 Å². The molecule has 0 saturated carbocycles. The van der Waals surface area contributed by atoms with Crippen molar-refractivity contribution in [1.82, 2.24) is 24.9 Å². The van der Waals surface area contributed by atoms with Crippen LogP contribution in [-0.2, 0) is 17.8 Å². The minimum absolute atomic E-state index is 0.0828. The number of amides is 1. The quantitative estimate of drug-likeness (QED) is 0.408. The number of nitrogens with zero attached hydrogens (tertiary/aromatic N) is 5. The summed E-state index contributed by atoms with van der Waals surface area (Å²) in [5.74, 6) is 0.997. The second-order valence-corrected chi connectivity index (χ2v) is 10.1. The van der Waals surface area contributed by atoms with Gasteiger partial charge in [-0.3, -0.25) is 9.69 Å². The fourth-order valence-corrected chi connectivity index (χ4v) is 5.44. The van der Waals surface area contributed by atoms with Gasteiger partial charge in [-0.05, 0) is 42.6 Å². The van der Waals surface area contributed by atoms with E-state index in [4.69, 9.17) is 4.52 Å². The summed E-state index contributed by atoms with van der Waals surface area (Å²) in [7, 11) is 0. The third-order valence-corrected chi connectivity index (χ3v) is 7.36. The molecule has 33 heavy (non-hydrogen) atoms. The fraction of sp³-hybridized carbons (Fsp3) is 0.304. The maximum absolute atomic E-state index is 13.3. The molecule has 1 aliphatic heterocycles. The molecule has 0 radical (unpaired) electrons. The second-order valence-electron chi connectivity index (χ2n) is 7.83. The first kappa shape index (κ1) is 21.9. The average molecular weight is 484 g/mol. The molecule has 0 spiro atoms. The number of hydrogen-bond donors (Lipinski definition) is 0. The van der Waals surface area contributed by atoms with E-state index in [1.54, 1.807) is 23.5 Å². The van der Waals surface area contributed by atoms with Crippen LogP contribution in [0.1, 0.15) is 15.8 Å². The van der Waals surface area contributed by atoms with E-state index in [0.29, 0.717) is 37.8 Å². The number of hydrogen-bond acceptors (Lipinski definition) is 8. The van der Waals surface area contributed by atoms with Gasteiger partial charge >= 0.3 is 0 Å². The van der Waals surface area contributed by atoms with Crippen molar-refractivity contribution in [2.24, 2.45) is 0 Å². The van der Waals surface area contributed by atoms with Crippen LogP contribution in [0.2, 0.25) is 0 Å². The highest BCUT2D eigenvalue weighted by Gasteiger charge is 2.24. The Kier molecular flexibility index (Phi) is 6.30. The second kappa shape index (κ2) is 9.50. The standard InChI is InChI=1S/C23H22FN5O2S2/c1-15-25-22(16-4-6-17(24)7-5-16)19(33-15)13-21(30)29-10-8-28(9-11-29)14-20-26-23(27-31-20)18-3-2-12-32-18/h2-7,12H,8-11,13-14H2,1H3. The van der Waals surface area contributed by atoms with Crippen LogP contribution >= 0.6 is 22.7 Å². The lowest BCUT2D eigenvalue weighted by Gasteiger charge is -2.34. The minimum Gasteiger partial charge on any atom is -0.340 e. The van der Waals surface area contributed by atoms with Gasteiger partial charge in [0.1, 0.15) is 5.82 Å². The van der Waals surface area contributed by atoms with E-state index in [9.17, 15) is 9.18 Å². The first-order valence-corrected chi connectivity index (χ1v) is 12.3. The molecular formula is C23H22FN5O2S2. The number of thiazole rings is 1. The Morgan fingerprint density at radius 2 is 1.91 bits per heavy atom. The summed E-state index contributed by atoms with van der Waals surface area (Å²) in [4.78, 5) is 28.1. The van der Waals surface area contributed by atoms with Gasteiger partial charge in [-0.25, -0.2) is 9.37 Å². The molecule has 1 saturated heterocycles. The maximum Gasteiger partial charge on any atom is 0.241 e. The lowest BCUT2D eigenvalue weighted by atomic mass is 10.1. The van der Waals surface area contributed by atoms with Gasteiger partial charge in [0, 0.05) is 36.6 Å². The molecule has 7 nitrogen and oxygen atoms in total. The summed E-state index contributed by atoms with van der Waals surface area (Å²) in [5, 5.41) is 6.94. The Bertz CT molecular complexity index is 1230. The van der Waals surface area contributed by atoms with E-state index >= 15 is 0 Å². The van der Waals surface area contributed by atoms with Gasteiger partial charge in [-0.1, -0.05) is 11.2 Å². The third kappa shape index (κ3) is 5.02. The molecule has 5 rings (SSSR count). The summed E-state index contributed by atoms with van der Waals surface area (Å²) in [6.07, 6.45) is 0.298. The predicted octanol–water partition coefficient (Wildman–Crippen LogP) is 4.26. The Balaban J connectivity index is 1.17. The van der Waals surface area contributed by atoms with Crippen molar-refractivity contribution in [3.05, 3.63) is 63.4 Å². The van der Waals surface area contributed by atoms with Crippen LogP contribution < -0.4 is 0 Å².